The van der Waals surface area contributed by atoms with Gasteiger partial charge in [-0.2, -0.15) is 0 Å². The van der Waals surface area contributed by atoms with Gasteiger partial charge in [-0.25, -0.2) is 0 Å². The Bertz CT molecular complexity index is 761. The van der Waals surface area contributed by atoms with E-state index in [0.29, 0.717) is 9.26 Å². The monoisotopic (exact) mass is 413 g/mol. The fourth-order valence-corrected chi connectivity index (χ4v) is 2.33. The molecule has 0 aliphatic rings. The maximum Gasteiger partial charge on any atom is 0.271 e. The number of benzene rings is 2. The lowest BCUT2D eigenvalue weighted by molar-refractivity contribution is -0.385. The molecular formula is C13H8IN3O5. The van der Waals surface area contributed by atoms with Gasteiger partial charge >= 0.3 is 0 Å². The van der Waals surface area contributed by atoms with Gasteiger partial charge in [0.1, 0.15) is 0 Å². The number of anilines is 1. The molecule has 0 aliphatic carbocycles. The summed E-state index contributed by atoms with van der Waals surface area (Å²) in [6.07, 6.45) is 0. The summed E-state index contributed by atoms with van der Waals surface area (Å²) in [5.74, 6) is -0.532. The summed E-state index contributed by atoms with van der Waals surface area (Å²) in [4.78, 5) is 32.3. The second kappa shape index (κ2) is 6.47. The van der Waals surface area contributed by atoms with Crippen molar-refractivity contribution in [1.82, 2.24) is 0 Å². The minimum Gasteiger partial charge on any atom is -0.322 e. The average Bonchev–Trinajstić information content (AvgIpc) is 2.47. The standard InChI is InChI=1S/C13H8IN3O5/c14-9-5-8(6-12(7-9)17(21)22)13(18)15-10-1-3-11(4-2-10)16(19)20/h1-7H,(H,15,18). The van der Waals surface area contributed by atoms with E-state index < -0.39 is 15.8 Å². The van der Waals surface area contributed by atoms with Gasteiger partial charge in [-0.15, -0.1) is 0 Å². The number of halogens is 1. The van der Waals surface area contributed by atoms with Crippen molar-refractivity contribution in [3.63, 3.8) is 0 Å². The number of nitro groups is 2. The van der Waals surface area contributed by atoms with Crippen molar-refractivity contribution in [2.45, 2.75) is 0 Å². The van der Waals surface area contributed by atoms with Crippen LogP contribution in [-0.2, 0) is 0 Å². The molecule has 0 aromatic heterocycles. The van der Waals surface area contributed by atoms with E-state index in [2.05, 4.69) is 5.32 Å². The van der Waals surface area contributed by atoms with E-state index in [4.69, 9.17) is 0 Å². The van der Waals surface area contributed by atoms with E-state index >= 15 is 0 Å². The molecule has 0 saturated carbocycles. The molecule has 0 radical (unpaired) electrons. The van der Waals surface area contributed by atoms with Crippen LogP contribution in [0.1, 0.15) is 10.4 Å². The van der Waals surface area contributed by atoms with Crippen LogP contribution in [0.5, 0.6) is 0 Å². The second-order valence-corrected chi connectivity index (χ2v) is 5.46. The van der Waals surface area contributed by atoms with Crippen LogP contribution in [0.2, 0.25) is 0 Å². The Labute approximate surface area is 137 Å². The van der Waals surface area contributed by atoms with Gasteiger partial charge in [-0.3, -0.25) is 25.0 Å². The van der Waals surface area contributed by atoms with Gasteiger partial charge in [0.15, 0.2) is 0 Å². The molecular weight excluding hydrogens is 405 g/mol. The van der Waals surface area contributed by atoms with Gasteiger partial charge < -0.3 is 5.32 Å². The Hall–Kier alpha value is -2.56. The minimum absolute atomic E-state index is 0.0945. The first-order valence-corrected chi connectivity index (χ1v) is 6.95. The van der Waals surface area contributed by atoms with E-state index in [1.54, 1.807) is 0 Å². The van der Waals surface area contributed by atoms with Gasteiger partial charge in [0.05, 0.1) is 9.85 Å². The number of hydrogen-bond acceptors (Lipinski definition) is 5. The summed E-state index contributed by atoms with van der Waals surface area (Å²) in [7, 11) is 0. The van der Waals surface area contributed by atoms with E-state index in [0.717, 1.165) is 0 Å². The second-order valence-electron chi connectivity index (χ2n) is 4.21. The minimum atomic E-state index is -0.579. The van der Waals surface area contributed by atoms with Gasteiger partial charge in [-0.05, 0) is 40.8 Å². The number of amides is 1. The van der Waals surface area contributed by atoms with Crippen molar-refractivity contribution in [3.05, 3.63) is 71.8 Å². The zero-order valence-corrected chi connectivity index (χ0v) is 13.0. The number of nitrogens with zero attached hydrogens (tertiary/aromatic N) is 2. The first-order valence-electron chi connectivity index (χ1n) is 5.87. The summed E-state index contributed by atoms with van der Waals surface area (Å²) in [5, 5.41) is 23.9. The first-order chi connectivity index (χ1) is 10.4. The van der Waals surface area contributed by atoms with E-state index in [-0.39, 0.29) is 16.9 Å². The summed E-state index contributed by atoms with van der Waals surface area (Å²) >= 11 is 1.88. The van der Waals surface area contributed by atoms with Gasteiger partial charge in [-0.1, -0.05) is 0 Å². The van der Waals surface area contributed by atoms with Crippen molar-refractivity contribution in [2.75, 3.05) is 5.32 Å². The summed E-state index contributed by atoms with van der Waals surface area (Å²) in [5.41, 5.74) is 0.220. The molecule has 9 heteroatoms. The van der Waals surface area contributed by atoms with Crippen LogP contribution < -0.4 is 5.32 Å². The number of non-ortho nitro benzene ring substituents is 2. The predicted octanol–water partition coefficient (Wildman–Crippen LogP) is 3.36. The lowest BCUT2D eigenvalue weighted by Crippen LogP contribution is -2.12. The van der Waals surface area contributed by atoms with Crippen LogP contribution in [0.3, 0.4) is 0 Å². The Morgan fingerprint density at radius 2 is 1.55 bits per heavy atom. The molecule has 112 valence electrons. The molecule has 1 N–H and O–H groups in total. The van der Waals surface area contributed by atoms with Crippen LogP contribution in [0.25, 0.3) is 0 Å². The Morgan fingerprint density at radius 1 is 0.955 bits per heavy atom. The van der Waals surface area contributed by atoms with Crippen molar-refractivity contribution >= 4 is 45.6 Å². The van der Waals surface area contributed by atoms with E-state index in [1.807, 2.05) is 22.6 Å². The fourth-order valence-electron chi connectivity index (χ4n) is 1.68. The van der Waals surface area contributed by atoms with Crippen LogP contribution in [0.15, 0.2) is 42.5 Å². The molecule has 2 rings (SSSR count). The normalized spacial score (nSPS) is 10.0. The molecule has 0 fully saturated rings. The van der Waals surface area contributed by atoms with Crippen molar-refractivity contribution in [2.24, 2.45) is 0 Å². The predicted molar refractivity (Wildman–Crippen MR) is 86.9 cm³/mol. The number of hydrogen-bond donors (Lipinski definition) is 1. The smallest absolute Gasteiger partial charge is 0.271 e. The lowest BCUT2D eigenvalue weighted by atomic mass is 10.2. The largest absolute Gasteiger partial charge is 0.322 e. The summed E-state index contributed by atoms with van der Waals surface area (Å²) < 4.78 is 0.556. The Balaban J connectivity index is 2.22. The Morgan fingerprint density at radius 3 is 2.09 bits per heavy atom. The number of carbonyl (C=O) groups excluding carboxylic acids is 1. The molecule has 0 aliphatic heterocycles. The molecule has 0 unspecified atom stereocenters. The zero-order chi connectivity index (χ0) is 16.3. The van der Waals surface area contributed by atoms with Gasteiger partial charge in [0.2, 0.25) is 0 Å². The number of nitro benzene ring substituents is 2. The molecule has 2 aromatic rings. The van der Waals surface area contributed by atoms with Crippen LogP contribution in [-0.4, -0.2) is 15.8 Å². The molecule has 0 saturated heterocycles. The zero-order valence-electron chi connectivity index (χ0n) is 10.9. The van der Waals surface area contributed by atoms with Crippen LogP contribution >= 0.6 is 22.6 Å². The van der Waals surface area contributed by atoms with Crippen molar-refractivity contribution < 1.29 is 14.6 Å². The number of rotatable bonds is 4. The first kappa shape index (κ1) is 15.8. The molecule has 0 spiro atoms. The molecule has 0 bridgehead atoms. The highest BCUT2D eigenvalue weighted by Crippen LogP contribution is 2.20. The third-order valence-corrected chi connectivity index (χ3v) is 3.31. The third-order valence-electron chi connectivity index (χ3n) is 2.69. The quantitative estimate of drug-likeness (QED) is 0.469. The van der Waals surface area contributed by atoms with E-state index in [1.165, 1.54) is 42.5 Å². The molecule has 8 nitrogen and oxygen atoms in total. The molecule has 2 aromatic carbocycles. The van der Waals surface area contributed by atoms with E-state index in [9.17, 15) is 25.0 Å². The maximum absolute atomic E-state index is 12.1. The highest BCUT2D eigenvalue weighted by atomic mass is 127. The number of carbonyl (C=O) groups is 1. The topological polar surface area (TPSA) is 115 Å². The highest BCUT2D eigenvalue weighted by molar-refractivity contribution is 14.1. The average molecular weight is 413 g/mol. The highest BCUT2D eigenvalue weighted by Gasteiger charge is 2.14. The molecule has 1 amide bonds. The lowest BCUT2D eigenvalue weighted by Gasteiger charge is -2.05. The SMILES string of the molecule is O=C(Nc1ccc([N+](=O)[O-])cc1)c1cc(I)cc([N+](=O)[O-])c1. The van der Waals surface area contributed by atoms with Gasteiger partial charge in [0.25, 0.3) is 17.3 Å². The van der Waals surface area contributed by atoms with Crippen molar-refractivity contribution in [3.8, 4) is 0 Å². The van der Waals surface area contributed by atoms with Crippen molar-refractivity contribution in [1.29, 1.82) is 0 Å². The fraction of sp³-hybridized carbons (Fsp3) is 0. The summed E-state index contributed by atoms with van der Waals surface area (Å²) in [6, 6.07) is 9.32. The number of nitrogens with one attached hydrogen (secondary N) is 1. The summed E-state index contributed by atoms with van der Waals surface area (Å²) in [6.45, 7) is 0. The maximum atomic E-state index is 12.1. The van der Waals surface area contributed by atoms with Gasteiger partial charge in [0, 0.05) is 39.1 Å². The molecule has 0 heterocycles. The van der Waals surface area contributed by atoms with Crippen LogP contribution in [0, 0.1) is 23.8 Å². The molecule has 22 heavy (non-hydrogen) atoms. The Kier molecular flexibility index (Phi) is 4.65. The van der Waals surface area contributed by atoms with Crippen LogP contribution in [0.4, 0.5) is 17.1 Å². The molecule has 0 atom stereocenters. The third kappa shape index (κ3) is 3.75.